The molecule has 0 aliphatic carbocycles. The van der Waals surface area contributed by atoms with Crippen molar-refractivity contribution in [1.29, 1.82) is 0 Å². The van der Waals surface area contributed by atoms with Crippen LogP contribution in [0.1, 0.15) is 42.9 Å². The van der Waals surface area contributed by atoms with Gasteiger partial charge < -0.3 is 10.5 Å². The Hall–Kier alpha value is -1.87. The number of hydrogen-bond acceptors (Lipinski definition) is 2. The molecular formula is C18H21NOS. The zero-order valence-corrected chi connectivity index (χ0v) is 13.5. The molecule has 0 aliphatic heterocycles. The molecule has 2 aromatic carbocycles. The van der Waals surface area contributed by atoms with Crippen LogP contribution in [0.15, 0.2) is 42.5 Å². The van der Waals surface area contributed by atoms with Crippen molar-refractivity contribution in [2.75, 3.05) is 0 Å². The first-order chi connectivity index (χ1) is 10.0. The van der Waals surface area contributed by atoms with Crippen LogP contribution in [0, 0.1) is 6.92 Å². The van der Waals surface area contributed by atoms with E-state index in [1.165, 1.54) is 5.56 Å². The molecule has 0 saturated carbocycles. The number of rotatable bonds is 5. The zero-order valence-electron chi connectivity index (χ0n) is 12.7. The van der Waals surface area contributed by atoms with Crippen molar-refractivity contribution >= 4 is 17.2 Å². The van der Waals surface area contributed by atoms with Gasteiger partial charge in [-0.05, 0) is 48.6 Å². The summed E-state index contributed by atoms with van der Waals surface area (Å²) in [6.07, 6.45) is 1.13. The first kappa shape index (κ1) is 15.5. The van der Waals surface area contributed by atoms with Gasteiger partial charge >= 0.3 is 0 Å². The minimum absolute atomic E-state index is 0.352. The molecule has 0 spiro atoms. The van der Waals surface area contributed by atoms with E-state index >= 15 is 0 Å². The fraction of sp³-hybridized carbons (Fsp3) is 0.278. The molecular weight excluding hydrogens is 278 g/mol. The lowest BCUT2D eigenvalue weighted by Crippen LogP contribution is -2.11. The second kappa shape index (κ2) is 6.72. The van der Waals surface area contributed by atoms with Crippen LogP contribution in [0.4, 0.5) is 0 Å². The molecule has 1 unspecified atom stereocenters. The number of para-hydroxylation sites is 1. The van der Waals surface area contributed by atoms with Crippen LogP contribution in [-0.2, 0) is 0 Å². The number of nitrogens with two attached hydrogens (primary N) is 1. The molecule has 0 saturated heterocycles. The van der Waals surface area contributed by atoms with Crippen molar-refractivity contribution in [1.82, 2.24) is 0 Å². The predicted molar refractivity (Wildman–Crippen MR) is 92.3 cm³/mol. The molecule has 0 fully saturated rings. The summed E-state index contributed by atoms with van der Waals surface area (Å²) in [5.41, 5.74) is 8.89. The Balaban J connectivity index is 2.28. The average molecular weight is 299 g/mol. The van der Waals surface area contributed by atoms with Gasteiger partial charge in [0.25, 0.3) is 0 Å². The van der Waals surface area contributed by atoms with Gasteiger partial charge in [0, 0.05) is 0 Å². The van der Waals surface area contributed by atoms with Gasteiger partial charge in [0.05, 0.1) is 5.56 Å². The summed E-state index contributed by atoms with van der Waals surface area (Å²) in [5.74, 6) is 2.10. The highest BCUT2D eigenvalue weighted by molar-refractivity contribution is 7.80. The van der Waals surface area contributed by atoms with Gasteiger partial charge in [-0.15, -0.1) is 0 Å². The SMILES string of the molecule is CCC(C)c1ccc(Oc2c(C)cccc2C(N)=S)cc1. The molecule has 0 bridgehead atoms. The van der Waals surface area contributed by atoms with Crippen LogP contribution < -0.4 is 10.5 Å². The van der Waals surface area contributed by atoms with E-state index < -0.39 is 0 Å². The number of aryl methyl sites for hydroxylation is 1. The van der Waals surface area contributed by atoms with Gasteiger partial charge in [-0.25, -0.2) is 0 Å². The van der Waals surface area contributed by atoms with Crippen molar-refractivity contribution in [3.63, 3.8) is 0 Å². The summed E-state index contributed by atoms with van der Waals surface area (Å²) in [4.78, 5) is 0.352. The number of thiocarbonyl (C=S) groups is 1. The molecule has 0 radical (unpaired) electrons. The van der Waals surface area contributed by atoms with E-state index in [-0.39, 0.29) is 0 Å². The zero-order chi connectivity index (χ0) is 15.4. The standard InChI is InChI=1S/C18H21NOS/c1-4-12(2)14-8-10-15(11-9-14)20-17-13(3)6-5-7-16(17)18(19)21/h5-12H,4H2,1-3H3,(H2,19,21). The second-order valence-electron chi connectivity index (χ2n) is 5.30. The molecule has 3 heteroatoms. The number of benzene rings is 2. The van der Waals surface area contributed by atoms with E-state index in [9.17, 15) is 0 Å². The lowest BCUT2D eigenvalue weighted by Gasteiger charge is -2.14. The third-order valence-corrected chi connectivity index (χ3v) is 3.98. The topological polar surface area (TPSA) is 35.2 Å². The van der Waals surface area contributed by atoms with E-state index in [1.54, 1.807) is 0 Å². The minimum Gasteiger partial charge on any atom is -0.456 e. The summed E-state index contributed by atoms with van der Waals surface area (Å²) in [6, 6.07) is 14.0. The number of ether oxygens (including phenoxy) is 1. The fourth-order valence-electron chi connectivity index (χ4n) is 2.20. The van der Waals surface area contributed by atoms with Crippen molar-refractivity contribution in [2.24, 2.45) is 5.73 Å². The second-order valence-corrected chi connectivity index (χ2v) is 5.74. The van der Waals surface area contributed by atoms with Crippen LogP contribution in [0.5, 0.6) is 11.5 Å². The normalized spacial score (nSPS) is 12.0. The Kier molecular flexibility index (Phi) is 4.97. The van der Waals surface area contributed by atoms with E-state index in [0.717, 1.165) is 29.0 Å². The van der Waals surface area contributed by atoms with Crippen molar-refractivity contribution in [3.05, 3.63) is 59.2 Å². The monoisotopic (exact) mass is 299 g/mol. The molecule has 0 aliphatic rings. The van der Waals surface area contributed by atoms with E-state index in [1.807, 2.05) is 37.3 Å². The van der Waals surface area contributed by atoms with Gasteiger partial charge in [0.2, 0.25) is 0 Å². The first-order valence-electron chi connectivity index (χ1n) is 7.20. The first-order valence-corrected chi connectivity index (χ1v) is 7.61. The molecule has 0 amide bonds. The van der Waals surface area contributed by atoms with Crippen molar-refractivity contribution in [2.45, 2.75) is 33.1 Å². The Labute approximate surface area is 131 Å². The van der Waals surface area contributed by atoms with E-state index in [0.29, 0.717) is 10.9 Å². The molecule has 2 aromatic rings. The van der Waals surface area contributed by atoms with Gasteiger partial charge in [-0.2, -0.15) is 0 Å². The lowest BCUT2D eigenvalue weighted by atomic mass is 9.99. The smallest absolute Gasteiger partial charge is 0.140 e. The maximum absolute atomic E-state index is 6.00. The Morgan fingerprint density at radius 3 is 2.43 bits per heavy atom. The maximum atomic E-state index is 6.00. The van der Waals surface area contributed by atoms with Crippen LogP contribution in [0.2, 0.25) is 0 Å². The summed E-state index contributed by atoms with van der Waals surface area (Å²) in [5, 5.41) is 0. The average Bonchev–Trinajstić information content (AvgIpc) is 2.49. The van der Waals surface area contributed by atoms with E-state index in [4.69, 9.17) is 22.7 Å². The molecule has 21 heavy (non-hydrogen) atoms. The van der Waals surface area contributed by atoms with Crippen LogP contribution in [0.3, 0.4) is 0 Å². The fourth-order valence-corrected chi connectivity index (χ4v) is 2.36. The highest BCUT2D eigenvalue weighted by atomic mass is 32.1. The molecule has 2 rings (SSSR count). The summed E-state index contributed by atoms with van der Waals surface area (Å²) >= 11 is 5.09. The maximum Gasteiger partial charge on any atom is 0.140 e. The number of hydrogen-bond donors (Lipinski definition) is 1. The molecule has 2 nitrogen and oxygen atoms in total. The Morgan fingerprint density at radius 2 is 1.86 bits per heavy atom. The van der Waals surface area contributed by atoms with Crippen LogP contribution in [-0.4, -0.2) is 4.99 Å². The Bertz CT molecular complexity index is 634. The molecule has 0 aromatic heterocycles. The molecule has 2 N–H and O–H groups in total. The summed E-state index contributed by atoms with van der Waals surface area (Å²) in [6.45, 7) is 6.41. The van der Waals surface area contributed by atoms with Crippen molar-refractivity contribution < 1.29 is 4.74 Å². The van der Waals surface area contributed by atoms with Gasteiger partial charge in [-0.1, -0.05) is 50.3 Å². The highest BCUT2D eigenvalue weighted by Gasteiger charge is 2.11. The third kappa shape index (κ3) is 3.61. The summed E-state index contributed by atoms with van der Waals surface area (Å²) < 4.78 is 6.00. The van der Waals surface area contributed by atoms with Gasteiger partial charge in [0.1, 0.15) is 16.5 Å². The lowest BCUT2D eigenvalue weighted by molar-refractivity contribution is 0.477. The molecule has 1 atom stereocenters. The van der Waals surface area contributed by atoms with Crippen LogP contribution >= 0.6 is 12.2 Å². The predicted octanol–water partition coefficient (Wildman–Crippen LogP) is 4.94. The molecule has 0 heterocycles. The largest absolute Gasteiger partial charge is 0.456 e. The molecule has 110 valence electrons. The van der Waals surface area contributed by atoms with Gasteiger partial charge in [-0.3, -0.25) is 0 Å². The van der Waals surface area contributed by atoms with Gasteiger partial charge in [0.15, 0.2) is 0 Å². The van der Waals surface area contributed by atoms with Crippen molar-refractivity contribution in [3.8, 4) is 11.5 Å². The van der Waals surface area contributed by atoms with E-state index in [2.05, 4.69) is 26.0 Å². The quantitative estimate of drug-likeness (QED) is 0.795. The summed E-state index contributed by atoms with van der Waals surface area (Å²) in [7, 11) is 0. The van der Waals surface area contributed by atoms with Crippen LogP contribution in [0.25, 0.3) is 0 Å². The Morgan fingerprint density at radius 1 is 1.19 bits per heavy atom. The third-order valence-electron chi connectivity index (χ3n) is 3.76. The minimum atomic E-state index is 0.352. The highest BCUT2D eigenvalue weighted by Crippen LogP contribution is 2.30.